The van der Waals surface area contributed by atoms with Crippen molar-refractivity contribution in [1.82, 2.24) is 15.5 Å². The molecule has 1 aliphatic carbocycles. The first-order chi connectivity index (χ1) is 13.1. The van der Waals surface area contributed by atoms with E-state index in [-0.39, 0.29) is 42.1 Å². The summed E-state index contributed by atoms with van der Waals surface area (Å²) in [6.07, 6.45) is 7.30. The van der Waals surface area contributed by atoms with E-state index < -0.39 is 0 Å². The zero-order valence-electron chi connectivity index (χ0n) is 18.2. The van der Waals surface area contributed by atoms with Gasteiger partial charge in [0.25, 0.3) is 0 Å². The maximum absolute atomic E-state index is 9.51. The highest BCUT2D eigenvalue weighted by atomic mass is 127. The van der Waals surface area contributed by atoms with Crippen molar-refractivity contribution in [3.05, 3.63) is 0 Å². The lowest BCUT2D eigenvalue weighted by Gasteiger charge is -2.36. The zero-order chi connectivity index (χ0) is 19.5. The number of halogens is 1. The Kier molecular flexibility index (Phi) is 12.9. The van der Waals surface area contributed by atoms with Gasteiger partial charge in [-0.2, -0.15) is 0 Å². The van der Waals surface area contributed by atoms with Crippen molar-refractivity contribution in [1.29, 1.82) is 0 Å². The van der Waals surface area contributed by atoms with Gasteiger partial charge < -0.3 is 20.5 Å². The van der Waals surface area contributed by atoms with Crippen molar-refractivity contribution in [3.63, 3.8) is 0 Å². The molecule has 3 N–H and O–H groups in total. The minimum absolute atomic E-state index is 0. The van der Waals surface area contributed by atoms with Crippen LogP contribution >= 0.6 is 24.0 Å². The number of hydrogen-bond donors (Lipinski definition) is 3. The molecule has 2 fully saturated rings. The minimum Gasteiger partial charge on any atom is -0.396 e. The van der Waals surface area contributed by atoms with Crippen LogP contribution in [-0.2, 0) is 4.74 Å². The molecule has 1 saturated heterocycles. The third kappa shape index (κ3) is 9.13. The highest BCUT2D eigenvalue weighted by Gasteiger charge is 2.31. The summed E-state index contributed by atoms with van der Waals surface area (Å²) < 4.78 is 5.95. The Morgan fingerprint density at radius 1 is 1.25 bits per heavy atom. The van der Waals surface area contributed by atoms with Crippen molar-refractivity contribution < 1.29 is 9.84 Å². The van der Waals surface area contributed by atoms with Crippen molar-refractivity contribution >= 4 is 29.9 Å². The number of guanidine groups is 1. The van der Waals surface area contributed by atoms with Crippen LogP contribution in [-0.4, -0.2) is 74.6 Å². The summed E-state index contributed by atoms with van der Waals surface area (Å²) in [7, 11) is 0. The third-order valence-electron chi connectivity index (χ3n) is 5.82. The quantitative estimate of drug-likeness (QED) is 0.253. The molecule has 0 amide bonds. The van der Waals surface area contributed by atoms with Crippen molar-refractivity contribution in [2.24, 2.45) is 16.3 Å². The predicted molar refractivity (Wildman–Crippen MR) is 128 cm³/mol. The van der Waals surface area contributed by atoms with E-state index in [0.717, 1.165) is 58.3 Å². The molecule has 0 aromatic carbocycles. The Balaban J connectivity index is 0.00000392. The summed E-state index contributed by atoms with van der Waals surface area (Å²) in [5.41, 5.74) is 0.185. The number of hydrogen-bond acceptors (Lipinski definition) is 4. The second-order valence-electron chi connectivity index (χ2n) is 8.76. The number of nitrogens with zero attached hydrogens (tertiary/aromatic N) is 2. The Bertz CT molecular complexity index is 437. The van der Waals surface area contributed by atoms with Gasteiger partial charge in [0.1, 0.15) is 0 Å². The fourth-order valence-electron chi connectivity index (χ4n) is 4.41. The van der Waals surface area contributed by atoms with E-state index in [2.05, 4.69) is 36.3 Å². The fraction of sp³-hybridized carbons (Fsp3) is 0.952. The molecule has 1 heterocycles. The highest BCUT2D eigenvalue weighted by molar-refractivity contribution is 14.0. The molecule has 2 aliphatic rings. The molecular weight excluding hydrogens is 467 g/mol. The minimum atomic E-state index is 0. The Labute approximate surface area is 189 Å². The van der Waals surface area contributed by atoms with Gasteiger partial charge in [-0.15, -0.1) is 24.0 Å². The molecule has 28 heavy (non-hydrogen) atoms. The molecule has 1 aliphatic heterocycles. The first-order valence-electron chi connectivity index (χ1n) is 11.0. The van der Waals surface area contributed by atoms with Gasteiger partial charge in [0, 0.05) is 45.9 Å². The van der Waals surface area contributed by atoms with Gasteiger partial charge in [-0.25, -0.2) is 0 Å². The smallest absolute Gasteiger partial charge is 0.191 e. The molecule has 0 radical (unpaired) electrons. The summed E-state index contributed by atoms with van der Waals surface area (Å²) in [6, 6.07) is 0. The van der Waals surface area contributed by atoms with Crippen LogP contribution in [0.3, 0.4) is 0 Å². The monoisotopic (exact) mass is 510 g/mol. The van der Waals surface area contributed by atoms with Gasteiger partial charge in [-0.3, -0.25) is 9.89 Å². The third-order valence-corrected chi connectivity index (χ3v) is 5.82. The second kappa shape index (κ2) is 14.0. The molecule has 0 aromatic heterocycles. The number of aliphatic hydroxyl groups excluding tert-OH is 1. The van der Waals surface area contributed by atoms with E-state index in [1.54, 1.807) is 0 Å². The number of aliphatic imine (C=N–C) groups is 1. The number of nitrogens with one attached hydrogen (secondary N) is 2. The first kappa shape index (κ1) is 25.9. The average molecular weight is 511 g/mol. The molecule has 1 atom stereocenters. The second-order valence-corrected chi connectivity index (χ2v) is 8.76. The molecular formula is C21H43IN4O2. The molecule has 1 saturated carbocycles. The topological polar surface area (TPSA) is 69.1 Å². The van der Waals surface area contributed by atoms with E-state index in [1.807, 2.05) is 0 Å². The number of aliphatic hydroxyl groups is 1. The molecule has 2 rings (SSSR count). The lowest BCUT2D eigenvalue weighted by atomic mass is 9.72. The zero-order valence-corrected chi connectivity index (χ0v) is 20.5. The van der Waals surface area contributed by atoms with Crippen LogP contribution < -0.4 is 10.6 Å². The van der Waals surface area contributed by atoms with Gasteiger partial charge in [0.15, 0.2) is 5.96 Å². The van der Waals surface area contributed by atoms with E-state index in [0.29, 0.717) is 5.92 Å². The van der Waals surface area contributed by atoms with Gasteiger partial charge >= 0.3 is 0 Å². The van der Waals surface area contributed by atoms with Crippen LogP contribution in [0.1, 0.15) is 59.3 Å². The number of ether oxygens (including phenoxy) is 1. The van der Waals surface area contributed by atoms with Gasteiger partial charge in [-0.1, -0.05) is 33.1 Å². The Hall–Kier alpha value is -0.120. The molecule has 0 aromatic rings. The molecule has 7 heteroatoms. The van der Waals surface area contributed by atoms with Crippen LogP contribution in [0.5, 0.6) is 0 Å². The summed E-state index contributed by atoms with van der Waals surface area (Å²) >= 11 is 0. The number of morpholine rings is 1. The fourth-order valence-corrected chi connectivity index (χ4v) is 4.41. The summed E-state index contributed by atoms with van der Waals surface area (Å²) in [5, 5.41) is 16.4. The summed E-state index contributed by atoms with van der Waals surface area (Å²) in [4.78, 5) is 7.40. The lowest BCUT2D eigenvalue weighted by Crippen LogP contribution is -2.50. The van der Waals surface area contributed by atoms with Crippen LogP contribution in [0, 0.1) is 11.3 Å². The summed E-state index contributed by atoms with van der Waals surface area (Å²) in [5.74, 6) is 1.57. The van der Waals surface area contributed by atoms with Gasteiger partial charge in [0.2, 0.25) is 0 Å². The van der Waals surface area contributed by atoms with E-state index >= 15 is 0 Å². The number of rotatable bonds is 9. The molecule has 6 nitrogen and oxygen atoms in total. The highest BCUT2D eigenvalue weighted by Crippen LogP contribution is 2.39. The molecule has 166 valence electrons. The van der Waals surface area contributed by atoms with E-state index in [4.69, 9.17) is 9.73 Å². The predicted octanol–water partition coefficient (Wildman–Crippen LogP) is 2.85. The van der Waals surface area contributed by atoms with Gasteiger partial charge in [-0.05, 0) is 37.5 Å². The SMILES string of the molecule is CCNC(=NCC1(CCO)CCCCC1)NCC1CN(CC(C)C)CCO1.I. The van der Waals surface area contributed by atoms with Crippen LogP contribution in [0.2, 0.25) is 0 Å². The maximum Gasteiger partial charge on any atom is 0.191 e. The largest absolute Gasteiger partial charge is 0.396 e. The standard InChI is InChI=1S/C21H42N4O2.HI/c1-4-22-20(24-17-21(10-12-26)8-6-5-7-9-21)23-14-19-16-25(11-13-27-19)15-18(2)3;/h18-19,26H,4-17H2,1-3H3,(H2,22,23,24);1H. The van der Waals surface area contributed by atoms with Crippen LogP contribution in [0.15, 0.2) is 4.99 Å². The Morgan fingerprint density at radius 2 is 2.00 bits per heavy atom. The molecule has 0 bridgehead atoms. The van der Waals surface area contributed by atoms with E-state index in [9.17, 15) is 5.11 Å². The molecule has 0 spiro atoms. The Morgan fingerprint density at radius 3 is 2.64 bits per heavy atom. The van der Waals surface area contributed by atoms with Crippen LogP contribution in [0.4, 0.5) is 0 Å². The van der Waals surface area contributed by atoms with E-state index in [1.165, 1.54) is 32.1 Å². The van der Waals surface area contributed by atoms with Crippen molar-refractivity contribution in [2.75, 3.05) is 52.5 Å². The maximum atomic E-state index is 9.51. The van der Waals surface area contributed by atoms with Crippen LogP contribution in [0.25, 0.3) is 0 Å². The van der Waals surface area contributed by atoms with Crippen molar-refractivity contribution in [2.45, 2.75) is 65.4 Å². The summed E-state index contributed by atoms with van der Waals surface area (Å²) in [6.45, 7) is 13.3. The first-order valence-corrected chi connectivity index (χ1v) is 11.0. The average Bonchev–Trinajstić information content (AvgIpc) is 2.65. The normalized spacial score (nSPS) is 23.3. The molecule has 1 unspecified atom stereocenters. The van der Waals surface area contributed by atoms with Gasteiger partial charge in [0.05, 0.1) is 12.7 Å². The lowest BCUT2D eigenvalue weighted by molar-refractivity contribution is -0.0284. The van der Waals surface area contributed by atoms with Crippen molar-refractivity contribution in [3.8, 4) is 0 Å².